The summed E-state index contributed by atoms with van der Waals surface area (Å²) in [5, 5.41) is 5.65. The fourth-order valence-corrected chi connectivity index (χ4v) is 4.28. The molecular weight excluding hydrogens is 354 g/mol. The van der Waals surface area contributed by atoms with Crippen molar-refractivity contribution in [2.24, 2.45) is 11.8 Å². The van der Waals surface area contributed by atoms with Crippen LogP contribution in [0.4, 0.5) is 11.4 Å². The van der Waals surface area contributed by atoms with E-state index in [4.69, 9.17) is 0 Å². The Hall–Kier alpha value is -2.37. The molecule has 6 nitrogen and oxygen atoms in total. The molecule has 3 amide bonds. The maximum Gasteiger partial charge on any atom is 0.247 e. The van der Waals surface area contributed by atoms with Crippen LogP contribution in [0, 0.1) is 11.8 Å². The smallest absolute Gasteiger partial charge is 0.247 e. The van der Waals surface area contributed by atoms with Crippen LogP contribution in [-0.2, 0) is 14.4 Å². The lowest BCUT2D eigenvalue weighted by Crippen LogP contribution is -2.52. The van der Waals surface area contributed by atoms with Crippen LogP contribution >= 0.6 is 0 Å². The largest absolute Gasteiger partial charge is 0.330 e. The van der Waals surface area contributed by atoms with E-state index in [0.29, 0.717) is 30.3 Å². The summed E-state index contributed by atoms with van der Waals surface area (Å²) in [5.41, 5.74) is 1.36. The fourth-order valence-electron chi connectivity index (χ4n) is 4.28. The van der Waals surface area contributed by atoms with E-state index >= 15 is 0 Å². The number of amides is 3. The Labute approximate surface area is 167 Å². The minimum absolute atomic E-state index is 0.0709. The van der Waals surface area contributed by atoms with Gasteiger partial charge in [0.05, 0.1) is 0 Å². The van der Waals surface area contributed by atoms with Crippen molar-refractivity contribution in [3.05, 3.63) is 24.3 Å². The van der Waals surface area contributed by atoms with Gasteiger partial charge in [0.15, 0.2) is 0 Å². The molecule has 28 heavy (non-hydrogen) atoms. The van der Waals surface area contributed by atoms with Gasteiger partial charge in [0.2, 0.25) is 17.7 Å². The molecule has 1 saturated carbocycles. The molecule has 1 aliphatic heterocycles. The van der Waals surface area contributed by atoms with Crippen LogP contribution in [0.1, 0.15) is 58.8 Å². The molecular formula is C22H31N3O3. The number of nitrogens with zero attached hydrogens (tertiary/aromatic N) is 1. The van der Waals surface area contributed by atoms with Crippen LogP contribution in [0.2, 0.25) is 0 Å². The number of hydrogen-bond acceptors (Lipinski definition) is 3. The van der Waals surface area contributed by atoms with Crippen LogP contribution in [-0.4, -0.2) is 35.2 Å². The van der Waals surface area contributed by atoms with Gasteiger partial charge < -0.3 is 15.5 Å². The topological polar surface area (TPSA) is 78.5 Å². The number of benzene rings is 1. The molecule has 1 heterocycles. The monoisotopic (exact) mass is 385 g/mol. The molecule has 2 N–H and O–H groups in total. The third kappa shape index (κ3) is 5.12. The molecule has 1 unspecified atom stereocenters. The van der Waals surface area contributed by atoms with Gasteiger partial charge in [-0.25, -0.2) is 0 Å². The lowest BCUT2D eigenvalue weighted by molar-refractivity contribution is -0.144. The minimum atomic E-state index is -0.393. The molecule has 0 spiro atoms. The summed E-state index contributed by atoms with van der Waals surface area (Å²) in [6.45, 7) is 4.37. The molecule has 1 aromatic rings. The van der Waals surface area contributed by atoms with Crippen LogP contribution in [0.25, 0.3) is 0 Å². The summed E-state index contributed by atoms with van der Waals surface area (Å²) >= 11 is 0. The van der Waals surface area contributed by atoms with Crippen LogP contribution in [0.15, 0.2) is 24.3 Å². The van der Waals surface area contributed by atoms with Crippen LogP contribution < -0.4 is 10.6 Å². The molecule has 152 valence electrons. The number of rotatable bonds is 4. The molecule has 0 radical (unpaired) electrons. The average molecular weight is 386 g/mol. The Morgan fingerprint density at radius 1 is 0.893 bits per heavy atom. The molecule has 1 atom stereocenters. The summed E-state index contributed by atoms with van der Waals surface area (Å²) in [7, 11) is 0. The summed E-state index contributed by atoms with van der Waals surface area (Å²) in [4.78, 5) is 38.9. The van der Waals surface area contributed by atoms with Gasteiger partial charge in [-0.2, -0.15) is 0 Å². The zero-order chi connectivity index (χ0) is 20.1. The van der Waals surface area contributed by atoms with Crippen LogP contribution in [0.5, 0.6) is 0 Å². The first kappa shape index (κ1) is 20.4. The zero-order valence-electron chi connectivity index (χ0n) is 16.9. The molecule has 1 aliphatic carbocycles. The highest BCUT2D eigenvalue weighted by Crippen LogP contribution is 2.31. The second kappa shape index (κ2) is 9.22. The fraction of sp³-hybridized carbons (Fsp3) is 0.591. The number of likely N-dealkylation sites (tertiary alicyclic amines) is 1. The molecule has 2 fully saturated rings. The van der Waals surface area contributed by atoms with Crippen molar-refractivity contribution < 1.29 is 14.4 Å². The van der Waals surface area contributed by atoms with Crippen LogP contribution in [0.3, 0.4) is 0 Å². The summed E-state index contributed by atoms with van der Waals surface area (Å²) in [6, 6.07) is 6.64. The van der Waals surface area contributed by atoms with Gasteiger partial charge in [-0.3, -0.25) is 14.4 Å². The highest BCUT2D eigenvalue weighted by molar-refractivity contribution is 5.98. The van der Waals surface area contributed by atoms with Gasteiger partial charge >= 0.3 is 0 Å². The summed E-state index contributed by atoms with van der Waals surface area (Å²) in [5.74, 6) is 0.675. The molecule has 0 aromatic heterocycles. The van der Waals surface area contributed by atoms with Gasteiger partial charge in [0.1, 0.15) is 6.04 Å². The molecule has 3 rings (SSSR count). The molecule has 0 bridgehead atoms. The van der Waals surface area contributed by atoms with E-state index in [2.05, 4.69) is 17.6 Å². The van der Waals surface area contributed by atoms with E-state index in [0.717, 1.165) is 38.5 Å². The highest BCUT2D eigenvalue weighted by atomic mass is 16.2. The number of carbonyl (C=O) groups is 3. The normalized spacial score (nSPS) is 25.1. The number of piperidine rings is 1. The SMILES string of the molecule is CC(=O)Nc1ccc(NC(=O)C2CCCCN2C(=O)C2CCC(C)CC2)cc1. The molecule has 1 saturated heterocycles. The van der Waals surface area contributed by atoms with Crippen molar-refractivity contribution in [3.8, 4) is 0 Å². The van der Waals surface area contributed by atoms with E-state index in [1.807, 2.05) is 4.90 Å². The highest BCUT2D eigenvalue weighted by Gasteiger charge is 2.36. The number of anilines is 2. The number of hydrogen-bond donors (Lipinski definition) is 2. The molecule has 2 aliphatic rings. The molecule has 6 heteroatoms. The predicted octanol–water partition coefficient (Wildman–Crippen LogP) is 3.79. The lowest BCUT2D eigenvalue weighted by Gasteiger charge is -2.38. The maximum absolute atomic E-state index is 13.1. The maximum atomic E-state index is 13.1. The van der Waals surface area contributed by atoms with E-state index < -0.39 is 6.04 Å². The Morgan fingerprint density at radius 3 is 2.11 bits per heavy atom. The second-order valence-corrected chi connectivity index (χ2v) is 8.25. The third-order valence-electron chi connectivity index (χ3n) is 5.93. The Bertz CT molecular complexity index is 708. The van der Waals surface area contributed by atoms with Gasteiger partial charge in [0, 0.05) is 30.8 Å². The van der Waals surface area contributed by atoms with Crippen molar-refractivity contribution in [2.75, 3.05) is 17.2 Å². The first-order valence-corrected chi connectivity index (χ1v) is 10.4. The summed E-state index contributed by atoms with van der Waals surface area (Å²) in [6.07, 6.45) is 6.72. The predicted molar refractivity (Wildman–Crippen MR) is 110 cm³/mol. The lowest BCUT2D eigenvalue weighted by atomic mass is 9.81. The number of nitrogens with one attached hydrogen (secondary N) is 2. The van der Waals surface area contributed by atoms with Crippen molar-refractivity contribution in [1.29, 1.82) is 0 Å². The first-order chi connectivity index (χ1) is 13.4. The van der Waals surface area contributed by atoms with Crippen molar-refractivity contribution >= 4 is 29.1 Å². The van der Waals surface area contributed by atoms with Crippen molar-refractivity contribution in [1.82, 2.24) is 4.90 Å². The van der Waals surface area contributed by atoms with Gasteiger partial charge in [-0.05, 0) is 75.1 Å². The second-order valence-electron chi connectivity index (χ2n) is 8.25. The molecule has 1 aromatic carbocycles. The van der Waals surface area contributed by atoms with E-state index in [1.54, 1.807) is 24.3 Å². The summed E-state index contributed by atoms with van der Waals surface area (Å²) < 4.78 is 0. The van der Waals surface area contributed by atoms with Gasteiger partial charge in [0.25, 0.3) is 0 Å². The third-order valence-corrected chi connectivity index (χ3v) is 5.93. The average Bonchev–Trinajstić information content (AvgIpc) is 2.69. The van der Waals surface area contributed by atoms with Gasteiger partial charge in [-0.1, -0.05) is 6.92 Å². The van der Waals surface area contributed by atoms with E-state index in [1.165, 1.54) is 6.92 Å². The quantitative estimate of drug-likeness (QED) is 0.828. The van der Waals surface area contributed by atoms with E-state index in [9.17, 15) is 14.4 Å². The van der Waals surface area contributed by atoms with Gasteiger partial charge in [-0.15, -0.1) is 0 Å². The minimum Gasteiger partial charge on any atom is -0.330 e. The Morgan fingerprint density at radius 2 is 1.50 bits per heavy atom. The standard InChI is InChI=1S/C22H31N3O3/c1-15-6-8-17(9-7-15)22(28)25-14-4-3-5-20(25)21(27)24-19-12-10-18(11-13-19)23-16(2)26/h10-13,15,17,20H,3-9,14H2,1-2H3,(H,23,26)(H,24,27). The Kier molecular flexibility index (Phi) is 6.70. The zero-order valence-corrected chi connectivity index (χ0v) is 16.9. The number of carbonyl (C=O) groups excluding carboxylic acids is 3. The first-order valence-electron chi connectivity index (χ1n) is 10.4. The Balaban J connectivity index is 1.63. The van der Waals surface area contributed by atoms with Crippen molar-refractivity contribution in [3.63, 3.8) is 0 Å². The van der Waals surface area contributed by atoms with E-state index in [-0.39, 0.29) is 23.6 Å². The van der Waals surface area contributed by atoms with Crippen molar-refractivity contribution in [2.45, 2.75) is 64.8 Å².